The zero-order valence-electron chi connectivity index (χ0n) is 8.16. The van der Waals surface area contributed by atoms with Gasteiger partial charge >= 0.3 is 0 Å². The Morgan fingerprint density at radius 2 is 2.00 bits per heavy atom. The summed E-state index contributed by atoms with van der Waals surface area (Å²) in [7, 11) is 1.67. The molecule has 0 heterocycles. The van der Waals surface area contributed by atoms with Crippen LogP contribution in [0.3, 0.4) is 0 Å². The van der Waals surface area contributed by atoms with E-state index in [-0.39, 0.29) is 0 Å². The van der Waals surface area contributed by atoms with Crippen LogP contribution in [0.2, 0.25) is 0 Å². The molecule has 0 N–H and O–H groups in total. The number of methoxy groups -OCH3 is 1. The van der Waals surface area contributed by atoms with Crippen molar-refractivity contribution in [2.75, 3.05) is 13.7 Å². The zero-order valence-corrected chi connectivity index (χ0v) is 8.16. The van der Waals surface area contributed by atoms with Crippen molar-refractivity contribution in [2.24, 2.45) is 4.99 Å². The van der Waals surface area contributed by atoms with Gasteiger partial charge in [-0.05, 0) is 36.2 Å². The Labute approximate surface area is 79.3 Å². The third-order valence-electron chi connectivity index (χ3n) is 1.71. The Kier molecular flexibility index (Phi) is 4.03. The highest BCUT2D eigenvalue weighted by molar-refractivity contribution is 5.79. The molecule has 70 valence electrons. The lowest BCUT2D eigenvalue weighted by Gasteiger charge is -1.98. The molecule has 0 aliphatic carbocycles. The number of ether oxygens (including phenoxy) is 1. The average molecular weight is 177 g/mol. The fraction of sp³-hybridized carbons (Fsp3) is 0.364. The van der Waals surface area contributed by atoms with Gasteiger partial charge in [0, 0.05) is 12.8 Å². The highest BCUT2D eigenvalue weighted by atomic mass is 16.5. The monoisotopic (exact) mass is 177 g/mol. The molecule has 13 heavy (non-hydrogen) atoms. The van der Waals surface area contributed by atoms with Crippen LogP contribution in [0.1, 0.15) is 18.9 Å². The molecule has 2 heteroatoms. The molecule has 0 bridgehead atoms. The Bertz CT molecular complexity index is 264. The smallest absolute Gasteiger partial charge is 0.118 e. The fourth-order valence-electron chi connectivity index (χ4n) is 0.989. The molecular formula is C11H15NO. The molecule has 0 saturated heterocycles. The van der Waals surface area contributed by atoms with Gasteiger partial charge in [0.25, 0.3) is 0 Å². The lowest BCUT2D eigenvalue weighted by atomic mass is 10.2. The summed E-state index contributed by atoms with van der Waals surface area (Å²) in [5, 5.41) is 0. The van der Waals surface area contributed by atoms with Crippen LogP contribution >= 0.6 is 0 Å². The molecule has 0 saturated carbocycles. The van der Waals surface area contributed by atoms with Crippen LogP contribution in [0.4, 0.5) is 0 Å². The van der Waals surface area contributed by atoms with Crippen LogP contribution in [-0.4, -0.2) is 19.9 Å². The van der Waals surface area contributed by atoms with Crippen LogP contribution in [-0.2, 0) is 0 Å². The number of nitrogens with zero attached hydrogens (tertiary/aromatic N) is 1. The van der Waals surface area contributed by atoms with Crippen LogP contribution in [0.15, 0.2) is 29.3 Å². The largest absolute Gasteiger partial charge is 0.497 e. The molecule has 0 aliphatic heterocycles. The van der Waals surface area contributed by atoms with Crippen molar-refractivity contribution in [3.05, 3.63) is 29.8 Å². The second kappa shape index (κ2) is 5.36. The Hall–Kier alpha value is -1.31. The predicted octanol–water partition coefficient (Wildman–Crippen LogP) is 2.52. The van der Waals surface area contributed by atoms with Crippen LogP contribution in [0.25, 0.3) is 0 Å². The van der Waals surface area contributed by atoms with E-state index in [0.717, 1.165) is 24.3 Å². The molecule has 0 amide bonds. The number of hydrogen-bond acceptors (Lipinski definition) is 2. The maximum atomic E-state index is 5.05. The molecule has 0 aromatic heterocycles. The number of hydrogen-bond donors (Lipinski definition) is 0. The molecule has 1 rings (SSSR count). The molecule has 0 spiro atoms. The summed E-state index contributed by atoms with van der Waals surface area (Å²) in [6, 6.07) is 7.87. The van der Waals surface area contributed by atoms with E-state index in [0.29, 0.717) is 0 Å². The van der Waals surface area contributed by atoms with Gasteiger partial charge < -0.3 is 4.74 Å². The highest BCUT2D eigenvalue weighted by Crippen LogP contribution is 2.09. The van der Waals surface area contributed by atoms with E-state index in [1.165, 1.54) is 0 Å². The molecule has 0 fully saturated rings. The van der Waals surface area contributed by atoms with Crippen LogP contribution in [0.5, 0.6) is 5.75 Å². The van der Waals surface area contributed by atoms with Gasteiger partial charge in [-0.3, -0.25) is 4.99 Å². The van der Waals surface area contributed by atoms with Crippen molar-refractivity contribution < 1.29 is 4.74 Å². The van der Waals surface area contributed by atoms with Gasteiger partial charge in [-0.25, -0.2) is 0 Å². The highest BCUT2D eigenvalue weighted by Gasteiger charge is 1.89. The van der Waals surface area contributed by atoms with Crippen molar-refractivity contribution in [2.45, 2.75) is 13.3 Å². The molecule has 0 atom stereocenters. The van der Waals surface area contributed by atoms with E-state index in [2.05, 4.69) is 11.9 Å². The predicted molar refractivity (Wildman–Crippen MR) is 55.7 cm³/mol. The van der Waals surface area contributed by atoms with E-state index in [1.54, 1.807) is 7.11 Å². The quantitative estimate of drug-likeness (QED) is 0.647. The first-order valence-electron chi connectivity index (χ1n) is 4.50. The van der Waals surface area contributed by atoms with Crippen molar-refractivity contribution in [3.63, 3.8) is 0 Å². The van der Waals surface area contributed by atoms with Crippen LogP contribution < -0.4 is 4.74 Å². The number of rotatable bonds is 4. The van der Waals surface area contributed by atoms with E-state index in [4.69, 9.17) is 4.74 Å². The molecule has 0 aliphatic rings. The summed E-state index contributed by atoms with van der Waals surface area (Å²) in [5.41, 5.74) is 1.12. The summed E-state index contributed by atoms with van der Waals surface area (Å²) in [6.45, 7) is 3.01. The summed E-state index contributed by atoms with van der Waals surface area (Å²) in [5.74, 6) is 0.882. The lowest BCUT2D eigenvalue weighted by Crippen LogP contribution is -1.85. The first-order valence-corrected chi connectivity index (χ1v) is 4.50. The normalized spacial score (nSPS) is 10.6. The van der Waals surface area contributed by atoms with Gasteiger partial charge in [0.1, 0.15) is 5.75 Å². The second-order valence-electron chi connectivity index (χ2n) is 2.81. The van der Waals surface area contributed by atoms with Gasteiger partial charge in [-0.15, -0.1) is 0 Å². The number of aliphatic imine (C=N–C) groups is 1. The second-order valence-corrected chi connectivity index (χ2v) is 2.81. The Balaban J connectivity index is 2.58. The molecular weight excluding hydrogens is 162 g/mol. The van der Waals surface area contributed by atoms with Crippen LogP contribution in [0, 0.1) is 0 Å². The third-order valence-corrected chi connectivity index (χ3v) is 1.71. The van der Waals surface area contributed by atoms with E-state index in [1.807, 2.05) is 30.5 Å². The standard InChI is InChI=1S/C11H15NO/c1-3-8-12-9-10-4-6-11(13-2)7-5-10/h4-7,9H,3,8H2,1-2H3. The van der Waals surface area contributed by atoms with Gasteiger partial charge in [-0.2, -0.15) is 0 Å². The first kappa shape index (κ1) is 9.78. The lowest BCUT2D eigenvalue weighted by molar-refractivity contribution is 0.415. The van der Waals surface area contributed by atoms with E-state index >= 15 is 0 Å². The zero-order chi connectivity index (χ0) is 9.52. The average Bonchev–Trinajstić information content (AvgIpc) is 2.19. The molecule has 1 aromatic rings. The van der Waals surface area contributed by atoms with Gasteiger partial charge in [-0.1, -0.05) is 6.92 Å². The minimum atomic E-state index is 0.882. The molecule has 2 nitrogen and oxygen atoms in total. The van der Waals surface area contributed by atoms with Crippen molar-refractivity contribution >= 4 is 6.21 Å². The van der Waals surface area contributed by atoms with Gasteiger partial charge in [0.05, 0.1) is 7.11 Å². The molecule has 0 unspecified atom stereocenters. The summed E-state index contributed by atoms with van der Waals surface area (Å²) in [6.07, 6.45) is 2.98. The molecule has 1 aromatic carbocycles. The van der Waals surface area contributed by atoms with E-state index < -0.39 is 0 Å². The Morgan fingerprint density at radius 3 is 2.54 bits per heavy atom. The van der Waals surface area contributed by atoms with Crippen molar-refractivity contribution in [1.29, 1.82) is 0 Å². The summed E-state index contributed by atoms with van der Waals surface area (Å²) >= 11 is 0. The van der Waals surface area contributed by atoms with Crippen molar-refractivity contribution in [3.8, 4) is 5.75 Å². The topological polar surface area (TPSA) is 21.6 Å². The summed E-state index contributed by atoms with van der Waals surface area (Å²) in [4.78, 5) is 4.25. The van der Waals surface area contributed by atoms with Gasteiger partial charge in [0.2, 0.25) is 0 Å². The SMILES string of the molecule is CCCN=Cc1ccc(OC)cc1. The first-order chi connectivity index (χ1) is 6.36. The third kappa shape index (κ3) is 3.28. The maximum absolute atomic E-state index is 5.05. The van der Waals surface area contributed by atoms with Crippen molar-refractivity contribution in [1.82, 2.24) is 0 Å². The minimum Gasteiger partial charge on any atom is -0.497 e. The molecule has 0 radical (unpaired) electrons. The van der Waals surface area contributed by atoms with E-state index in [9.17, 15) is 0 Å². The minimum absolute atomic E-state index is 0.882. The summed E-state index contributed by atoms with van der Waals surface area (Å²) < 4.78 is 5.05. The maximum Gasteiger partial charge on any atom is 0.118 e. The fourth-order valence-corrected chi connectivity index (χ4v) is 0.989. The van der Waals surface area contributed by atoms with Gasteiger partial charge in [0.15, 0.2) is 0 Å². The number of benzene rings is 1. The Morgan fingerprint density at radius 1 is 1.31 bits per heavy atom.